The second-order valence-electron chi connectivity index (χ2n) is 30.3. The maximum atomic E-state index is 13.7. The van der Waals surface area contributed by atoms with Gasteiger partial charge in [0.2, 0.25) is 27.5 Å². The van der Waals surface area contributed by atoms with Crippen molar-refractivity contribution < 1.29 is 130 Å². The summed E-state index contributed by atoms with van der Waals surface area (Å²) in [5, 5.41) is 9.08. The van der Waals surface area contributed by atoms with Crippen LogP contribution in [0.4, 0.5) is 93.0 Å². The molecule has 3 saturated carbocycles. The molecular formula is C75H77ClF19N13O10S. The maximum absolute atomic E-state index is 13.7. The number of aliphatic carboxylic acids is 1. The summed E-state index contributed by atoms with van der Waals surface area (Å²) in [7, 11) is -4.17. The first kappa shape index (κ1) is 94.6. The number of benzene rings is 1. The highest BCUT2D eigenvalue weighted by atomic mass is 35.5. The molecule has 9 fully saturated rings. The van der Waals surface area contributed by atoms with Gasteiger partial charge in [0.05, 0.1) is 50.8 Å². The molecule has 23 nitrogen and oxygen atoms in total. The lowest BCUT2D eigenvalue weighted by Gasteiger charge is -2.29. The molecule has 6 saturated heterocycles. The molecule has 2 unspecified atom stereocenters. The van der Waals surface area contributed by atoms with Crippen LogP contribution in [-0.2, 0) is 90.3 Å². The van der Waals surface area contributed by atoms with Crippen molar-refractivity contribution in [3.8, 4) is 33.8 Å². The van der Waals surface area contributed by atoms with E-state index in [0.717, 1.165) is 96.8 Å². The quantitative estimate of drug-likeness (QED) is 0.0901. The third kappa shape index (κ3) is 22.8. The number of hydrogen-bond acceptors (Lipinski definition) is 19. The number of ether oxygens (including phenoxy) is 2. The molecule has 9 aliphatic rings. The standard InChI is InChI=1S/C25H19F7N4O3S.C24H24F6N4O3.C12H8F6N4.C11H17NO4.C3H8.ClH/c26-16-2-4-18(5-3-16)40(38,39)36-17-7-14(8-17)22(36)21(37)6-1-13-9-20(33-12-19(13)24(27,28)29)15-10-34-23(35-11-15)25(30,31)32;1-22(2,3)37-21(36)34-15-6-13(7-15)19(34)18(35)5-4-12-8-17(31-11-16(12)23(25,26)27)14-9-32-20(33-10-14)24(28,29)30;13-11(14,15)8-5-20-9(1-6(8)2-19)7-3-21-10(22-4-7)12(16,17)18;1-11(2,3)16-10(15)12-7-4-6(5-7)8(12)9(13)14;1-3-2;/h2-5,9-12,14,17,22H,1,6-8H2;8-11,13,15,19H,4-7H2,1-3H3;1,3-5H,2,19H2;6-8H,4-5H2,1-3H3,(H,13,14);3H2,1-2H3;1H/t14?,17?,22-;;;;;/m0...../s1. The summed E-state index contributed by atoms with van der Waals surface area (Å²) in [6.45, 7) is 14.3. The molecule has 119 heavy (non-hydrogen) atoms. The van der Waals surface area contributed by atoms with Crippen LogP contribution in [-0.4, -0.2) is 150 Å². The first-order valence-electron chi connectivity index (χ1n) is 36.2. The van der Waals surface area contributed by atoms with E-state index >= 15 is 0 Å². The van der Waals surface area contributed by atoms with E-state index in [1.54, 1.807) is 41.5 Å². The lowest BCUT2D eigenvalue weighted by atomic mass is 9.81. The summed E-state index contributed by atoms with van der Waals surface area (Å²) < 4.78 is 285. The molecule has 6 aromatic heterocycles. The van der Waals surface area contributed by atoms with Crippen LogP contribution in [0.3, 0.4) is 0 Å². The van der Waals surface area contributed by atoms with E-state index < -0.39 is 166 Å². The molecule has 6 aliphatic heterocycles. The van der Waals surface area contributed by atoms with Gasteiger partial charge in [0, 0.05) is 110 Å². The van der Waals surface area contributed by atoms with Gasteiger partial charge in [-0.05, 0) is 170 Å². The predicted octanol–water partition coefficient (Wildman–Crippen LogP) is 16.9. The number of Topliss-reactive ketones (excluding diaryl/α,β-unsaturated/α-hetero) is 2. The number of amides is 2. The number of carbonyl (C=O) groups is 5. The van der Waals surface area contributed by atoms with E-state index in [1.165, 1.54) is 16.2 Å². The molecular weight excluding hydrogens is 1670 g/mol. The van der Waals surface area contributed by atoms with Crippen molar-refractivity contribution in [1.82, 2.24) is 59.0 Å². The number of pyridine rings is 3. The summed E-state index contributed by atoms with van der Waals surface area (Å²) in [5.74, 6) is -6.90. The number of carboxylic acids is 1. The lowest BCUT2D eigenvalue weighted by molar-refractivity contribution is -0.145. The third-order valence-electron chi connectivity index (χ3n) is 19.3. The van der Waals surface area contributed by atoms with Crippen LogP contribution in [0.1, 0.15) is 164 Å². The van der Waals surface area contributed by atoms with Crippen LogP contribution < -0.4 is 5.73 Å². The average molecular weight is 1750 g/mol. The third-order valence-corrected chi connectivity index (χ3v) is 21.3. The number of nitrogens with two attached hydrogens (primary N) is 1. The zero-order valence-corrected chi connectivity index (χ0v) is 65.6. The van der Waals surface area contributed by atoms with Crippen molar-refractivity contribution in [2.45, 2.75) is 222 Å². The minimum atomic E-state index is -4.84. The molecule has 3 atom stereocenters. The Hall–Kier alpha value is -9.91. The molecule has 2 amide bonds. The highest BCUT2D eigenvalue weighted by Crippen LogP contribution is 2.51. The Morgan fingerprint density at radius 3 is 1.05 bits per heavy atom. The molecule has 3 N–H and O–H groups in total. The molecule has 7 aromatic rings. The summed E-state index contributed by atoms with van der Waals surface area (Å²) in [6, 6.07) is 4.23. The number of ketones is 2. The first-order chi connectivity index (χ1) is 54.5. The molecule has 0 radical (unpaired) electrons. The number of rotatable bonds is 15. The van der Waals surface area contributed by atoms with Crippen molar-refractivity contribution in [3.63, 3.8) is 0 Å². The Balaban J connectivity index is 0.000000205. The van der Waals surface area contributed by atoms with Crippen molar-refractivity contribution in [1.29, 1.82) is 0 Å². The summed E-state index contributed by atoms with van der Waals surface area (Å²) in [4.78, 5) is 94.6. The molecule has 3 aliphatic carbocycles. The van der Waals surface area contributed by atoms with E-state index in [9.17, 15) is 116 Å². The summed E-state index contributed by atoms with van der Waals surface area (Å²) >= 11 is 0. The number of aromatic nitrogens is 9. The van der Waals surface area contributed by atoms with E-state index in [-0.39, 0.29) is 116 Å². The molecule has 12 heterocycles. The van der Waals surface area contributed by atoms with Gasteiger partial charge >= 0.3 is 55.2 Å². The lowest BCUT2D eigenvalue weighted by Crippen LogP contribution is -2.44. The van der Waals surface area contributed by atoms with E-state index in [2.05, 4.69) is 58.7 Å². The SMILES string of the molecule is CC(C)(C)OC(=O)N1C2CC(C2)C1C(=O)CCc1cc(-c2cnc(C(F)(F)F)nc2)ncc1C(F)(F)F.CC(C)(C)OC(=O)N1C2CC(C2)C1C(=O)O.CCC.Cl.NCc1cc(-c2cnc(C(F)(F)F)nc2)ncc1C(F)(F)F.O=C(CCc1cc(-c2cnc(C(F)(F)F)nc2)ncc1C(F)(F)F)[C@@H]1C2CC(C2)N1S(=O)(=O)c1ccc(F)cc1. The number of fused-ring (bicyclic) bond motifs is 3. The van der Waals surface area contributed by atoms with Crippen molar-refractivity contribution in [3.05, 3.63) is 155 Å². The van der Waals surface area contributed by atoms with E-state index in [1.807, 2.05) is 0 Å². The zero-order valence-electron chi connectivity index (χ0n) is 64.0. The Morgan fingerprint density at radius 2 is 0.739 bits per heavy atom. The van der Waals surface area contributed by atoms with Gasteiger partial charge < -0.3 is 20.3 Å². The number of carboxylic acid groups (broad SMARTS) is 1. The van der Waals surface area contributed by atoms with Gasteiger partial charge in [0.1, 0.15) is 23.1 Å². The molecule has 16 rings (SSSR count). The predicted molar refractivity (Wildman–Crippen MR) is 384 cm³/mol. The molecule has 1 aromatic carbocycles. The molecule has 6 bridgehead atoms. The van der Waals surface area contributed by atoms with Gasteiger partial charge in [-0.2, -0.15) is 83.3 Å². The van der Waals surface area contributed by atoms with Gasteiger partial charge in [0.15, 0.2) is 11.6 Å². The van der Waals surface area contributed by atoms with Gasteiger partial charge in [-0.15, -0.1) is 12.4 Å². The van der Waals surface area contributed by atoms with Crippen LogP contribution in [0, 0.1) is 23.6 Å². The Kier molecular flexibility index (Phi) is 28.8. The highest BCUT2D eigenvalue weighted by molar-refractivity contribution is 7.89. The highest BCUT2D eigenvalue weighted by Gasteiger charge is 2.60. The topological polar surface area (TPSA) is 310 Å². The minimum Gasteiger partial charge on any atom is -0.480 e. The van der Waals surface area contributed by atoms with E-state index in [4.69, 9.17) is 20.3 Å². The molecule has 0 spiro atoms. The second kappa shape index (κ2) is 36.2. The fourth-order valence-electron chi connectivity index (χ4n) is 14.0. The molecule has 44 heteroatoms. The van der Waals surface area contributed by atoms with E-state index in [0.29, 0.717) is 44.3 Å². The second-order valence-corrected chi connectivity index (χ2v) is 32.1. The Bertz CT molecular complexity index is 4880. The average Bonchev–Trinajstić information content (AvgIpc) is 1.60. The van der Waals surface area contributed by atoms with Gasteiger partial charge in [0.25, 0.3) is 0 Å². The number of carbonyl (C=O) groups excluding carboxylic acids is 4. The largest absolute Gasteiger partial charge is 0.480 e. The summed E-state index contributed by atoms with van der Waals surface area (Å²) in [5.41, 5.74) is -0.308. The van der Waals surface area contributed by atoms with Crippen LogP contribution in [0.2, 0.25) is 0 Å². The van der Waals surface area contributed by atoms with Gasteiger partial charge in [-0.25, -0.2) is 57.1 Å². The van der Waals surface area contributed by atoms with Gasteiger partial charge in [-0.1, -0.05) is 20.3 Å². The fourth-order valence-corrected chi connectivity index (χ4v) is 15.9. The van der Waals surface area contributed by atoms with Crippen LogP contribution in [0.25, 0.3) is 33.8 Å². The first-order valence-corrected chi connectivity index (χ1v) is 37.7. The number of halogens is 20. The fraction of sp³-hybridized carbons (Fsp3) is 0.493. The number of hydrogen-bond donors (Lipinski definition) is 2. The number of sulfonamides is 1. The number of aryl methyl sites for hydroxylation is 2. The number of alkyl halides is 18. The van der Waals surface area contributed by atoms with Crippen molar-refractivity contribution in [2.75, 3.05) is 0 Å². The molecule has 648 valence electrons. The number of nitrogens with zero attached hydrogens (tertiary/aromatic N) is 12. The van der Waals surface area contributed by atoms with Crippen LogP contribution in [0.5, 0.6) is 0 Å². The maximum Gasteiger partial charge on any atom is 0.451 e. The zero-order chi connectivity index (χ0) is 87.7. The smallest absolute Gasteiger partial charge is 0.451 e. The van der Waals surface area contributed by atoms with Crippen molar-refractivity contribution >= 4 is 52.2 Å². The monoisotopic (exact) mass is 1750 g/mol. The minimum absolute atomic E-state index is 0. The van der Waals surface area contributed by atoms with Crippen molar-refractivity contribution in [2.24, 2.45) is 23.5 Å². The summed E-state index contributed by atoms with van der Waals surface area (Å²) in [6.07, 6.45) is -19.5. The normalized spacial score (nSPS) is 20.7. The van der Waals surface area contributed by atoms with Gasteiger partial charge in [-0.3, -0.25) is 34.3 Å². The Morgan fingerprint density at radius 1 is 0.445 bits per heavy atom. The van der Waals surface area contributed by atoms with Crippen LogP contribution in [0.15, 0.2) is 103 Å². The Labute approximate surface area is 673 Å². The van der Waals surface area contributed by atoms with Crippen LogP contribution >= 0.6 is 12.4 Å².